The van der Waals surface area contributed by atoms with Gasteiger partial charge >= 0.3 is 0 Å². The molecule has 0 saturated heterocycles. The molecule has 1 aromatic carbocycles. The fourth-order valence-corrected chi connectivity index (χ4v) is 2.45. The van der Waals surface area contributed by atoms with E-state index in [0.717, 1.165) is 12.0 Å². The number of hydrogen-bond donors (Lipinski definition) is 0. The van der Waals surface area contributed by atoms with Gasteiger partial charge in [0.15, 0.2) is 6.04 Å². The standard InChI is InChI=1S/C16H22ClN5O2/c1-4-14(16(23)21(2)10-5-11-24-3)22-19-15(18-20-22)12-6-8-13(17)9-7-12/h6-9,14H,4-5,10-11H2,1-3H3. The molecule has 0 aliphatic rings. The molecular weight excluding hydrogens is 330 g/mol. The van der Waals surface area contributed by atoms with Crippen molar-refractivity contribution in [3.63, 3.8) is 0 Å². The van der Waals surface area contributed by atoms with Crippen LogP contribution in [0.5, 0.6) is 0 Å². The van der Waals surface area contributed by atoms with Gasteiger partial charge in [-0.25, -0.2) is 0 Å². The van der Waals surface area contributed by atoms with Crippen LogP contribution in [0, 0.1) is 0 Å². The number of amides is 1. The van der Waals surface area contributed by atoms with Gasteiger partial charge in [0, 0.05) is 37.9 Å². The van der Waals surface area contributed by atoms with Gasteiger partial charge in [-0.1, -0.05) is 18.5 Å². The number of nitrogens with zero attached hydrogens (tertiary/aromatic N) is 5. The number of tetrazole rings is 1. The Hall–Kier alpha value is -1.99. The Morgan fingerprint density at radius 1 is 1.38 bits per heavy atom. The molecule has 1 heterocycles. The number of benzene rings is 1. The minimum atomic E-state index is -0.467. The molecule has 130 valence electrons. The second kappa shape index (κ2) is 8.75. The largest absolute Gasteiger partial charge is 0.385 e. The average Bonchev–Trinajstić information content (AvgIpc) is 3.06. The quantitative estimate of drug-likeness (QED) is 0.683. The number of halogens is 1. The van der Waals surface area contributed by atoms with Crippen LogP contribution in [0.1, 0.15) is 25.8 Å². The van der Waals surface area contributed by atoms with E-state index in [0.29, 0.717) is 30.4 Å². The van der Waals surface area contributed by atoms with Crippen molar-refractivity contribution < 1.29 is 9.53 Å². The number of carbonyl (C=O) groups excluding carboxylic acids is 1. The maximum absolute atomic E-state index is 12.6. The lowest BCUT2D eigenvalue weighted by atomic mass is 10.2. The van der Waals surface area contributed by atoms with E-state index in [1.807, 2.05) is 19.1 Å². The fraction of sp³-hybridized carbons (Fsp3) is 0.500. The van der Waals surface area contributed by atoms with Gasteiger partial charge in [-0.2, -0.15) is 4.80 Å². The Kier molecular flexibility index (Phi) is 6.69. The Bertz CT molecular complexity index is 659. The van der Waals surface area contributed by atoms with Crippen molar-refractivity contribution in [1.82, 2.24) is 25.1 Å². The molecular formula is C16H22ClN5O2. The van der Waals surface area contributed by atoms with Crippen LogP contribution >= 0.6 is 11.6 Å². The van der Waals surface area contributed by atoms with Crippen LogP contribution in [-0.4, -0.2) is 58.3 Å². The highest BCUT2D eigenvalue weighted by Gasteiger charge is 2.24. The first-order chi connectivity index (χ1) is 11.6. The molecule has 0 saturated carbocycles. The zero-order chi connectivity index (χ0) is 17.5. The lowest BCUT2D eigenvalue weighted by Gasteiger charge is -2.21. The molecule has 24 heavy (non-hydrogen) atoms. The third-order valence-electron chi connectivity index (χ3n) is 3.70. The highest BCUT2D eigenvalue weighted by molar-refractivity contribution is 6.30. The van der Waals surface area contributed by atoms with Crippen molar-refractivity contribution in [2.75, 3.05) is 27.3 Å². The van der Waals surface area contributed by atoms with Crippen molar-refractivity contribution >= 4 is 17.5 Å². The Balaban J connectivity index is 2.10. The normalized spacial score (nSPS) is 12.2. The summed E-state index contributed by atoms with van der Waals surface area (Å²) in [5, 5.41) is 13.1. The number of ether oxygens (including phenoxy) is 1. The summed E-state index contributed by atoms with van der Waals surface area (Å²) in [5.41, 5.74) is 0.807. The first-order valence-electron chi connectivity index (χ1n) is 7.86. The van der Waals surface area contributed by atoms with Gasteiger partial charge in [0.25, 0.3) is 0 Å². The van der Waals surface area contributed by atoms with E-state index in [4.69, 9.17) is 16.3 Å². The Morgan fingerprint density at radius 3 is 2.71 bits per heavy atom. The van der Waals surface area contributed by atoms with Gasteiger partial charge in [0.1, 0.15) is 0 Å². The first kappa shape index (κ1) is 18.4. The predicted octanol–water partition coefficient (Wildman–Crippen LogP) is 2.44. The van der Waals surface area contributed by atoms with E-state index >= 15 is 0 Å². The van der Waals surface area contributed by atoms with Crippen molar-refractivity contribution in [1.29, 1.82) is 0 Å². The summed E-state index contributed by atoms with van der Waals surface area (Å²) in [6.45, 7) is 3.18. The van der Waals surface area contributed by atoms with Gasteiger partial charge in [-0.3, -0.25) is 4.79 Å². The van der Waals surface area contributed by atoms with Gasteiger partial charge in [-0.05, 0) is 42.3 Å². The Labute approximate surface area is 146 Å². The van der Waals surface area contributed by atoms with E-state index in [1.54, 1.807) is 31.2 Å². The second-order valence-electron chi connectivity index (χ2n) is 5.47. The van der Waals surface area contributed by atoms with E-state index < -0.39 is 6.04 Å². The fourth-order valence-electron chi connectivity index (χ4n) is 2.32. The first-order valence-corrected chi connectivity index (χ1v) is 8.24. The van der Waals surface area contributed by atoms with Crippen LogP contribution in [-0.2, 0) is 9.53 Å². The molecule has 2 rings (SSSR count). The van der Waals surface area contributed by atoms with E-state index in [-0.39, 0.29) is 5.91 Å². The number of rotatable bonds is 8. The third kappa shape index (κ3) is 4.52. The van der Waals surface area contributed by atoms with E-state index in [1.165, 1.54) is 4.80 Å². The lowest BCUT2D eigenvalue weighted by molar-refractivity contribution is -0.134. The van der Waals surface area contributed by atoms with Crippen LogP contribution in [0.3, 0.4) is 0 Å². The number of methoxy groups -OCH3 is 1. The number of aromatic nitrogens is 4. The van der Waals surface area contributed by atoms with Crippen LogP contribution < -0.4 is 0 Å². The zero-order valence-electron chi connectivity index (χ0n) is 14.1. The molecule has 1 atom stereocenters. The number of carbonyl (C=O) groups is 1. The maximum Gasteiger partial charge on any atom is 0.249 e. The molecule has 7 nitrogen and oxygen atoms in total. The molecule has 2 aromatic rings. The average molecular weight is 352 g/mol. The topological polar surface area (TPSA) is 73.1 Å². The molecule has 1 amide bonds. The summed E-state index contributed by atoms with van der Waals surface area (Å²) in [4.78, 5) is 15.7. The van der Waals surface area contributed by atoms with Crippen molar-refractivity contribution in [3.8, 4) is 11.4 Å². The molecule has 0 aliphatic carbocycles. The van der Waals surface area contributed by atoms with Crippen LogP contribution in [0.25, 0.3) is 11.4 Å². The molecule has 0 aliphatic heterocycles. The molecule has 0 radical (unpaired) electrons. The van der Waals surface area contributed by atoms with Crippen LogP contribution in [0.2, 0.25) is 5.02 Å². The van der Waals surface area contributed by atoms with Crippen molar-refractivity contribution in [2.24, 2.45) is 0 Å². The molecule has 0 spiro atoms. The van der Waals surface area contributed by atoms with Gasteiger partial charge in [-0.15, -0.1) is 10.2 Å². The maximum atomic E-state index is 12.6. The van der Waals surface area contributed by atoms with Crippen LogP contribution in [0.4, 0.5) is 0 Å². The van der Waals surface area contributed by atoms with Gasteiger partial charge in [0.2, 0.25) is 11.7 Å². The summed E-state index contributed by atoms with van der Waals surface area (Å²) in [5.74, 6) is 0.439. The molecule has 0 N–H and O–H groups in total. The van der Waals surface area contributed by atoms with Gasteiger partial charge < -0.3 is 9.64 Å². The summed E-state index contributed by atoms with van der Waals surface area (Å²) in [6.07, 6.45) is 1.37. The summed E-state index contributed by atoms with van der Waals surface area (Å²) < 4.78 is 5.02. The van der Waals surface area contributed by atoms with Crippen LogP contribution in [0.15, 0.2) is 24.3 Å². The van der Waals surface area contributed by atoms with E-state index in [2.05, 4.69) is 15.4 Å². The zero-order valence-corrected chi connectivity index (χ0v) is 14.9. The highest BCUT2D eigenvalue weighted by atomic mass is 35.5. The van der Waals surface area contributed by atoms with Gasteiger partial charge in [0.05, 0.1) is 0 Å². The lowest BCUT2D eigenvalue weighted by Crippen LogP contribution is -2.36. The molecule has 0 bridgehead atoms. The summed E-state index contributed by atoms with van der Waals surface area (Å²) >= 11 is 5.89. The second-order valence-corrected chi connectivity index (χ2v) is 5.91. The molecule has 1 unspecified atom stereocenters. The minimum absolute atomic E-state index is 0.0336. The minimum Gasteiger partial charge on any atom is -0.385 e. The monoisotopic (exact) mass is 351 g/mol. The smallest absolute Gasteiger partial charge is 0.249 e. The predicted molar refractivity (Wildman–Crippen MR) is 91.7 cm³/mol. The van der Waals surface area contributed by atoms with Crippen molar-refractivity contribution in [3.05, 3.63) is 29.3 Å². The van der Waals surface area contributed by atoms with Crippen molar-refractivity contribution in [2.45, 2.75) is 25.8 Å². The molecule has 8 heteroatoms. The molecule has 1 aromatic heterocycles. The highest BCUT2D eigenvalue weighted by Crippen LogP contribution is 2.19. The number of likely N-dealkylation sites (N-methyl/N-ethyl adjacent to an activating group) is 1. The summed E-state index contributed by atoms with van der Waals surface area (Å²) in [7, 11) is 3.42. The SMILES string of the molecule is CCC(C(=O)N(C)CCCOC)n1nnc(-c2ccc(Cl)cc2)n1. The number of hydrogen-bond acceptors (Lipinski definition) is 5. The third-order valence-corrected chi connectivity index (χ3v) is 3.95. The van der Waals surface area contributed by atoms with E-state index in [9.17, 15) is 4.79 Å². The summed E-state index contributed by atoms with van der Waals surface area (Å²) in [6, 6.07) is 6.71. The molecule has 0 fully saturated rings. The Morgan fingerprint density at radius 2 is 2.08 bits per heavy atom.